The molecule has 8 nitrogen and oxygen atoms in total. The highest BCUT2D eigenvalue weighted by Crippen LogP contribution is 2.23. The number of amides is 1. The van der Waals surface area contributed by atoms with E-state index in [1.165, 1.54) is 10.9 Å². The summed E-state index contributed by atoms with van der Waals surface area (Å²) < 4.78 is 31.2. The van der Waals surface area contributed by atoms with Gasteiger partial charge in [0.15, 0.2) is 0 Å². The lowest BCUT2D eigenvalue weighted by Gasteiger charge is -2.31. The predicted molar refractivity (Wildman–Crippen MR) is 74.3 cm³/mol. The first kappa shape index (κ1) is 15.9. The highest BCUT2D eigenvalue weighted by atomic mass is 32.2. The van der Waals surface area contributed by atoms with Crippen LogP contribution < -0.4 is 0 Å². The second-order valence-electron chi connectivity index (χ2n) is 5.09. The fourth-order valence-corrected chi connectivity index (χ4v) is 4.18. The van der Waals surface area contributed by atoms with Crippen molar-refractivity contribution in [2.24, 2.45) is 7.05 Å². The molecule has 0 atom stereocenters. The van der Waals surface area contributed by atoms with Crippen molar-refractivity contribution in [2.45, 2.75) is 29.7 Å². The van der Waals surface area contributed by atoms with Gasteiger partial charge in [0.25, 0.3) is 0 Å². The smallest absolute Gasteiger partial charge is 0.249 e. The molecule has 1 aliphatic heterocycles. The molecule has 0 bridgehead atoms. The van der Waals surface area contributed by atoms with Gasteiger partial charge >= 0.3 is 0 Å². The summed E-state index contributed by atoms with van der Waals surface area (Å²) in [4.78, 5) is 13.6. The van der Waals surface area contributed by atoms with Crippen LogP contribution in [0.3, 0.4) is 0 Å². The molecule has 0 saturated carbocycles. The third kappa shape index (κ3) is 3.41. The molecule has 0 aromatic carbocycles. The predicted octanol–water partition coefficient (Wildman–Crippen LogP) is -0.384. The fourth-order valence-electron chi connectivity index (χ4n) is 2.44. The number of hydrogen-bond acceptors (Lipinski definition) is 6. The molecule has 9 heteroatoms. The molecule has 1 saturated heterocycles. The maximum Gasteiger partial charge on any atom is 0.249 e. The molecule has 1 aromatic heterocycles. The first-order valence-corrected chi connectivity index (χ1v) is 8.36. The number of sulfone groups is 1. The molecule has 0 unspecified atom stereocenters. The number of aromatic nitrogens is 3. The summed E-state index contributed by atoms with van der Waals surface area (Å²) in [6.45, 7) is 1.28. The summed E-state index contributed by atoms with van der Waals surface area (Å²) in [5.41, 5.74) is 0. The van der Waals surface area contributed by atoms with Gasteiger partial charge in [-0.15, -0.1) is 10.2 Å². The molecule has 1 aromatic rings. The molecule has 0 N–H and O–H groups in total. The van der Waals surface area contributed by atoms with E-state index in [9.17, 15) is 13.2 Å². The van der Waals surface area contributed by atoms with Gasteiger partial charge in [-0.2, -0.15) is 0 Å². The Kier molecular flexibility index (Phi) is 4.94. The van der Waals surface area contributed by atoms with Gasteiger partial charge in [-0.3, -0.25) is 4.79 Å². The molecule has 21 heavy (non-hydrogen) atoms. The van der Waals surface area contributed by atoms with Crippen LogP contribution in [0.2, 0.25) is 0 Å². The Balaban J connectivity index is 1.98. The topological polar surface area (TPSA) is 94.4 Å². The van der Waals surface area contributed by atoms with Gasteiger partial charge in [-0.1, -0.05) is 0 Å². The summed E-state index contributed by atoms with van der Waals surface area (Å²) in [6, 6.07) is 0. The number of carbonyl (C=O) groups is 1. The average molecular weight is 316 g/mol. The number of ether oxygens (including phenoxy) is 1. The van der Waals surface area contributed by atoms with E-state index in [2.05, 4.69) is 10.2 Å². The largest absolute Gasteiger partial charge is 0.384 e. The van der Waals surface area contributed by atoms with Crippen LogP contribution in [0.15, 0.2) is 11.5 Å². The van der Waals surface area contributed by atoms with Gasteiger partial charge in [0.1, 0.15) is 6.33 Å². The van der Waals surface area contributed by atoms with Crippen molar-refractivity contribution in [3.05, 3.63) is 6.33 Å². The number of rotatable bonds is 5. The van der Waals surface area contributed by atoms with E-state index in [-0.39, 0.29) is 11.1 Å². The van der Waals surface area contributed by atoms with E-state index < -0.39 is 15.1 Å². The SMILES string of the molecule is COCCC(=O)N1CCC(S(=O)(=O)c2nncn2C)CC1. The normalized spacial score (nSPS) is 17.1. The lowest BCUT2D eigenvalue weighted by atomic mass is 10.1. The molecule has 2 heterocycles. The van der Waals surface area contributed by atoms with Crippen LogP contribution in [0, 0.1) is 0 Å². The Morgan fingerprint density at radius 1 is 1.43 bits per heavy atom. The summed E-state index contributed by atoms with van der Waals surface area (Å²) in [6.07, 6.45) is 2.55. The van der Waals surface area contributed by atoms with Crippen molar-refractivity contribution in [1.29, 1.82) is 0 Å². The molecule has 118 valence electrons. The Labute approximate surface area is 124 Å². The van der Waals surface area contributed by atoms with Crippen LogP contribution in [0.4, 0.5) is 0 Å². The van der Waals surface area contributed by atoms with Crippen molar-refractivity contribution in [3.8, 4) is 0 Å². The molecule has 2 rings (SSSR count). The molecular formula is C12H20N4O4S. The second-order valence-corrected chi connectivity index (χ2v) is 7.21. The van der Waals surface area contributed by atoms with Gasteiger partial charge in [-0.25, -0.2) is 8.42 Å². The minimum atomic E-state index is -3.49. The van der Waals surface area contributed by atoms with Crippen LogP contribution in [0.5, 0.6) is 0 Å². The second kappa shape index (κ2) is 6.52. The Morgan fingerprint density at radius 2 is 2.10 bits per heavy atom. The van der Waals surface area contributed by atoms with Gasteiger partial charge < -0.3 is 14.2 Å². The van der Waals surface area contributed by atoms with Gasteiger partial charge in [0.2, 0.25) is 20.9 Å². The molecule has 1 amide bonds. The monoisotopic (exact) mass is 316 g/mol. The quantitative estimate of drug-likeness (QED) is 0.735. The number of aryl methyl sites for hydroxylation is 1. The molecular weight excluding hydrogens is 296 g/mol. The Hall–Kier alpha value is -1.48. The number of methoxy groups -OCH3 is 1. The average Bonchev–Trinajstić information content (AvgIpc) is 2.92. The highest BCUT2D eigenvalue weighted by Gasteiger charge is 2.35. The molecule has 1 aliphatic rings. The van der Waals surface area contributed by atoms with Gasteiger partial charge in [0.05, 0.1) is 18.3 Å². The summed E-state index contributed by atoms with van der Waals surface area (Å²) in [7, 11) is -0.333. The highest BCUT2D eigenvalue weighted by molar-refractivity contribution is 7.91. The summed E-state index contributed by atoms with van der Waals surface area (Å²) in [5, 5.41) is 6.79. The number of likely N-dealkylation sites (tertiary alicyclic amines) is 1. The zero-order chi connectivity index (χ0) is 15.5. The van der Waals surface area contributed by atoms with Gasteiger partial charge in [0, 0.05) is 27.2 Å². The van der Waals surface area contributed by atoms with E-state index in [0.717, 1.165) is 0 Å². The number of hydrogen-bond donors (Lipinski definition) is 0. The van der Waals surface area contributed by atoms with Crippen LogP contribution in [-0.2, 0) is 26.4 Å². The summed E-state index contributed by atoms with van der Waals surface area (Å²) >= 11 is 0. The maximum absolute atomic E-state index is 12.5. The van der Waals surface area contributed by atoms with E-state index in [4.69, 9.17) is 4.74 Å². The van der Waals surface area contributed by atoms with E-state index in [1.807, 2.05) is 0 Å². The third-order valence-corrected chi connectivity index (χ3v) is 5.91. The minimum absolute atomic E-state index is 0.00589. The van der Waals surface area contributed by atoms with Crippen molar-refractivity contribution < 1.29 is 17.9 Å². The summed E-state index contributed by atoms with van der Waals surface area (Å²) in [5.74, 6) is 0.00589. The van der Waals surface area contributed by atoms with E-state index >= 15 is 0 Å². The van der Waals surface area contributed by atoms with Crippen LogP contribution in [-0.4, -0.2) is 66.0 Å². The molecule has 0 radical (unpaired) electrons. The first-order chi connectivity index (χ1) is 9.96. The Morgan fingerprint density at radius 3 is 2.62 bits per heavy atom. The number of piperidine rings is 1. The fraction of sp³-hybridized carbons (Fsp3) is 0.750. The lowest BCUT2D eigenvalue weighted by Crippen LogP contribution is -2.43. The van der Waals surface area contributed by atoms with Crippen LogP contribution in [0.25, 0.3) is 0 Å². The zero-order valence-electron chi connectivity index (χ0n) is 12.2. The van der Waals surface area contributed by atoms with E-state index in [0.29, 0.717) is 39.0 Å². The van der Waals surface area contributed by atoms with Crippen LogP contribution in [0.1, 0.15) is 19.3 Å². The number of nitrogens with zero attached hydrogens (tertiary/aromatic N) is 4. The zero-order valence-corrected chi connectivity index (χ0v) is 13.0. The van der Waals surface area contributed by atoms with Crippen molar-refractivity contribution in [2.75, 3.05) is 26.8 Å². The standard InChI is InChI=1S/C12H20N4O4S/c1-15-9-13-14-12(15)21(18,19)10-3-6-16(7-4-10)11(17)5-8-20-2/h9-10H,3-8H2,1-2H3. The van der Waals surface area contributed by atoms with Crippen molar-refractivity contribution in [3.63, 3.8) is 0 Å². The molecule has 0 aliphatic carbocycles. The van der Waals surface area contributed by atoms with Gasteiger partial charge in [-0.05, 0) is 12.8 Å². The molecule has 0 spiro atoms. The van der Waals surface area contributed by atoms with E-state index in [1.54, 1.807) is 19.1 Å². The molecule has 1 fully saturated rings. The Bertz CT molecular complexity index is 590. The lowest BCUT2D eigenvalue weighted by molar-refractivity contribution is -0.132. The van der Waals surface area contributed by atoms with Crippen LogP contribution >= 0.6 is 0 Å². The first-order valence-electron chi connectivity index (χ1n) is 6.81. The third-order valence-electron chi connectivity index (χ3n) is 3.68. The number of carbonyl (C=O) groups excluding carboxylic acids is 1. The van der Waals surface area contributed by atoms with Crippen molar-refractivity contribution >= 4 is 15.7 Å². The van der Waals surface area contributed by atoms with Crippen molar-refractivity contribution in [1.82, 2.24) is 19.7 Å². The minimum Gasteiger partial charge on any atom is -0.384 e. The maximum atomic E-state index is 12.5.